The van der Waals surface area contributed by atoms with E-state index in [0.29, 0.717) is 5.92 Å². The van der Waals surface area contributed by atoms with Crippen molar-refractivity contribution in [3.63, 3.8) is 0 Å². The van der Waals surface area contributed by atoms with Gasteiger partial charge in [-0.1, -0.05) is 26.0 Å². The summed E-state index contributed by atoms with van der Waals surface area (Å²) in [5.41, 5.74) is 2.23. The quantitative estimate of drug-likeness (QED) is 0.856. The second kappa shape index (κ2) is 6.01. The average Bonchev–Trinajstić information content (AvgIpc) is 2.84. The van der Waals surface area contributed by atoms with Crippen molar-refractivity contribution in [2.75, 3.05) is 18.4 Å². The number of anilines is 1. The first-order valence-corrected chi connectivity index (χ1v) is 6.75. The van der Waals surface area contributed by atoms with Crippen LogP contribution in [0, 0.1) is 11.8 Å². The van der Waals surface area contributed by atoms with Gasteiger partial charge in [0.2, 0.25) is 5.91 Å². The van der Waals surface area contributed by atoms with Crippen molar-refractivity contribution in [3.8, 4) is 0 Å². The molecule has 2 N–H and O–H groups in total. The number of rotatable bonds is 4. The molecule has 1 aromatic rings. The van der Waals surface area contributed by atoms with E-state index in [1.807, 2.05) is 12.1 Å². The molecule has 0 bridgehead atoms. The smallest absolute Gasteiger partial charge is 0.228 e. The molecule has 1 aliphatic heterocycles. The first-order chi connectivity index (χ1) is 8.65. The van der Waals surface area contributed by atoms with Crippen LogP contribution in [-0.2, 0) is 11.2 Å². The Kier molecular flexibility index (Phi) is 4.37. The van der Waals surface area contributed by atoms with Crippen LogP contribution in [0.15, 0.2) is 24.3 Å². The van der Waals surface area contributed by atoms with Crippen molar-refractivity contribution >= 4 is 11.6 Å². The molecule has 1 heterocycles. The minimum absolute atomic E-state index is 0.125. The summed E-state index contributed by atoms with van der Waals surface area (Å²) in [6, 6.07) is 8.20. The highest BCUT2D eigenvalue weighted by Gasteiger charge is 2.22. The van der Waals surface area contributed by atoms with Crippen LogP contribution < -0.4 is 10.6 Å². The Morgan fingerprint density at radius 3 is 2.67 bits per heavy atom. The Morgan fingerprint density at radius 2 is 2.11 bits per heavy atom. The molecule has 18 heavy (non-hydrogen) atoms. The van der Waals surface area contributed by atoms with Crippen molar-refractivity contribution in [3.05, 3.63) is 29.8 Å². The second-order valence-electron chi connectivity index (χ2n) is 5.47. The maximum atomic E-state index is 11.9. The summed E-state index contributed by atoms with van der Waals surface area (Å²) in [6.45, 7) is 6.17. The summed E-state index contributed by atoms with van der Waals surface area (Å²) in [6.07, 6.45) is 2.03. The number of amides is 1. The molecule has 1 unspecified atom stereocenters. The third-order valence-electron chi connectivity index (χ3n) is 3.30. The molecule has 1 saturated heterocycles. The summed E-state index contributed by atoms with van der Waals surface area (Å²) in [5.74, 6) is 0.923. The molecule has 0 saturated carbocycles. The van der Waals surface area contributed by atoms with Crippen LogP contribution >= 0.6 is 0 Å². The van der Waals surface area contributed by atoms with Crippen LogP contribution in [0.1, 0.15) is 25.8 Å². The van der Waals surface area contributed by atoms with Gasteiger partial charge in [0.05, 0.1) is 5.92 Å². The minimum Gasteiger partial charge on any atom is -0.326 e. The maximum Gasteiger partial charge on any atom is 0.228 e. The van der Waals surface area contributed by atoms with E-state index < -0.39 is 0 Å². The number of carbonyl (C=O) groups is 1. The van der Waals surface area contributed by atoms with E-state index in [0.717, 1.165) is 31.6 Å². The lowest BCUT2D eigenvalue weighted by Crippen LogP contribution is -2.24. The Morgan fingerprint density at radius 1 is 1.39 bits per heavy atom. The number of hydrogen-bond acceptors (Lipinski definition) is 2. The van der Waals surface area contributed by atoms with Crippen LogP contribution in [0.5, 0.6) is 0 Å². The van der Waals surface area contributed by atoms with Gasteiger partial charge in [0.25, 0.3) is 0 Å². The largest absolute Gasteiger partial charge is 0.326 e. The monoisotopic (exact) mass is 246 g/mol. The van der Waals surface area contributed by atoms with E-state index in [2.05, 4.69) is 36.6 Å². The Hall–Kier alpha value is -1.35. The molecule has 2 rings (SSSR count). The first kappa shape index (κ1) is 13.1. The van der Waals surface area contributed by atoms with Crippen LogP contribution in [0.25, 0.3) is 0 Å². The van der Waals surface area contributed by atoms with Gasteiger partial charge < -0.3 is 10.6 Å². The second-order valence-corrected chi connectivity index (χ2v) is 5.47. The topological polar surface area (TPSA) is 41.1 Å². The van der Waals surface area contributed by atoms with E-state index in [1.54, 1.807) is 0 Å². The molecule has 3 nitrogen and oxygen atoms in total. The van der Waals surface area contributed by atoms with Crippen molar-refractivity contribution in [2.45, 2.75) is 26.7 Å². The minimum atomic E-state index is 0.125. The van der Waals surface area contributed by atoms with Gasteiger partial charge >= 0.3 is 0 Å². The molecule has 98 valence electrons. The zero-order valence-corrected chi connectivity index (χ0v) is 11.2. The summed E-state index contributed by atoms with van der Waals surface area (Å²) in [5, 5.41) is 6.19. The lowest BCUT2D eigenvalue weighted by molar-refractivity contribution is -0.119. The molecule has 0 radical (unpaired) electrons. The third kappa shape index (κ3) is 3.57. The van der Waals surface area contributed by atoms with Crippen LogP contribution in [-0.4, -0.2) is 19.0 Å². The fraction of sp³-hybridized carbons (Fsp3) is 0.533. The summed E-state index contributed by atoms with van der Waals surface area (Å²) in [7, 11) is 0. The van der Waals surface area contributed by atoms with Gasteiger partial charge in [-0.3, -0.25) is 4.79 Å². The lowest BCUT2D eigenvalue weighted by atomic mass is 10.0. The molecule has 1 fully saturated rings. The van der Waals surface area contributed by atoms with E-state index in [4.69, 9.17) is 0 Å². The molecule has 0 aliphatic carbocycles. The Labute approximate surface area is 109 Å². The third-order valence-corrected chi connectivity index (χ3v) is 3.30. The Balaban J connectivity index is 1.91. The van der Waals surface area contributed by atoms with Crippen molar-refractivity contribution in [1.29, 1.82) is 0 Å². The number of carbonyl (C=O) groups excluding carboxylic acids is 1. The zero-order chi connectivity index (χ0) is 13.0. The van der Waals surface area contributed by atoms with E-state index >= 15 is 0 Å². The van der Waals surface area contributed by atoms with Crippen molar-refractivity contribution in [2.24, 2.45) is 11.8 Å². The molecule has 0 spiro atoms. The molecule has 1 atom stereocenters. The van der Waals surface area contributed by atoms with Crippen LogP contribution in [0.3, 0.4) is 0 Å². The molecular formula is C15H22N2O. The summed E-state index contributed by atoms with van der Waals surface area (Å²) in [4.78, 5) is 11.9. The SMILES string of the molecule is CC(C)Cc1ccc(NC(=O)C2CCNC2)cc1. The predicted octanol–water partition coefficient (Wildman–Crippen LogP) is 2.43. The highest BCUT2D eigenvalue weighted by molar-refractivity contribution is 5.92. The highest BCUT2D eigenvalue weighted by atomic mass is 16.1. The van der Waals surface area contributed by atoms with Crippen LogP contribution in [0.4, 0.5) is 5.69 Å². The van der Waals surface area contributed by atoms with E-state index in [-0.39, 0.29) is 11.8 Å². The summed E-state index contributed by atoms with van der Waals surface area (Å²) >= 11 is 0. The van der Waals surface area contributed by atoms with Gasteiger partial charge in [0, 0.05) is 12.2 Å². The molecule has 0 aromatic heterocycles. The average molecular weight is 246 g/mol. The molecule has 1 amide bonds. The van der Waals surface area contributed by atoms with Crippen LogP contribution in [0.2, 0.25) is 0 Å². The number of nitrogens with one attached hydrogen (secondary N) is 2. The fourth-order valence-electron chi connectivity index (χ4n) is 2.32. The Bertz CT molecular complexity index is 391. The van der Waals surface area contributed by atoms with E-state index in [1.165, 1.54) is 5.56 Å². The normalized spacial score (nSPS) is 19.2. The van der Waals surface area contributed by atoms with Gasteiger partial charge in [0.1, 0.15) is 0 Å². The maximum absolute atomic E-state index is 11.9. The highest BCUT2D eigenvalue weighted by Crippen LogP contribution is 2.15. The van der Waals surface area contributed by atoms with E-state index in [9.17, 15) is 4.79 Å². The summed E-state index contributed by atoms with van der Waals surface area (Å²) < 4.78 is 0. The van der Waals surface area contributed by atoms with Gasteiger partial charge in [0.15, 0.2) is 0 Å². The molecule has 1 aliphatic rings. The molecule has 3 heteroatoms. The molecule has 1 aromatic carbocycles. The number of benzene rings is 1. The standard InChI is InChI=1S/C15H22N2O/c1-11(2)9-12-3-5-14(6-4-12)17-15(18)13-7-8-16-10-13/h3-6,11,13,16H,7-10H2,1-2H3,(H,17,18). The fourth-order valence-corrected chi connectivity index (χ4v) is 2.32. The van der Waals surface area contributed by atoms with Gasteiger partial charge in [-0.15, -0.1) is 0 Å². The van der Waals surface area contributed by atoms with Gasteiger partial charge in [-0.25, -0.2) is 0 Å². The van der Waals surface area contributed by atoms with Crippen molar-refractivity contribution in [1.82, 2.24) is 5.32 Å². The first-order valence-electron chi connectivity index (χ1n) is 6.75. The van der Waals surface area contributed by atoms with Gasteiger partial charge in [-0.05, 0) is 43.0 Å². The predicted molar refractivity (Wildman–Crippen MR) is 74.6 cm³/mol. The number of hydrogen-bond donors (Lipinski definition) is 2. The van der Waals surface area contributed by atoms with Gasteiger partial charge in [-0.2, -0.15) is 0 Å². The zero-order valence-electron chi connectivity index (χ0n) is 11.2. The van der Waals surface area contributed by atoms with Crippen molar-refractivity contribution < 1.29 is 4.79 Å². The molecular weight excluding hydrogens is 224 g/mol. The lowest BCUT2D eigenvalue weighted by Gasteiger charge is -2.11.